The first kappa shape index (κ1) is 12.5. The maximum Gasteiger partial charge on any atom is 0.220 e. The van der Waals surface area contributed by atoms with Crippen molar-refractivity contribution in [3.8, 4) is 0 Å². The topological polar surface area (TPSA) is 46.9 Å². The number of aromatic nitrogens is 2. The highest BCUT2D eigenvalue weighted by Gasteiger charge is 2.23. The third-order valence-electron chi connectivity index (χ3n) is 3.59. The van der Waals surface area contributed by atoms with E-state index in [9.17, 15) is 4.79 Å². The third-order valence-corrected chi connectivity index (χ3v) is 3.78. The quantitative estimate of drug-likeness (QED) is 0.875. The Hall–Kier alpha value is -1.55. The van der Waals surface area contributed by atoms with Gasteiger partial charge in [0.25, 0.3) is 0 Å². The second kappa shape index (κ2) is 5.21. The number of nitrogens with zero attached hydrogens (tertiary/aromatic N) is 2. The second-order valence-electron chi connectivity index (χ2n) is 4.82. The monoisotopic (exact) mass is 277 g/mol. The number of carbonyl (C=O) groups is 1. The molecule has 1 aliphatic rings. The number of fused-ring (bicyclic) bond motifs is 1. The molecule has 1 aromatic carbocycles. The number of rotatable bonds is 3. The molecule has 19 heavy (non-hydrogen) atoms. The second-order valence-corrected chi connectivity index (χ2v) is 5.20. The van der Waals surface area contributed by atoms with Crippen molar-refractivity contribution < 1.29 is 4.79 Å². The molecule has 1 fully saturated rings. The summed E-state index contributed by atoms with van der Waals surface area (Å²) in [4.78, 5) is 16.0. The van der Waals surface area contributed by atoms with Gasteiger partial charge in [0.2, 0.25) is 5.91 Å². The number of aryl methyl sites for hydroxylation is 1. The minimum Gasteiger partial charge on any atom is -0.354 e. The smallest absolute Gasteiger partial charge is 0.220 e. The van der Waals surface area contributed by atoms with Crippen LogP contribution in [0.3, 0.4) is 0 Å². The van der Waals surface area contributed by atoms with Crippen molar-refractivity contribution in [3.63, 3.8) is 0 Å². The van der Waals surface area contributed by atoms with Crippen LogP contribution in [0.4, 0.5) is 0 Å². The Kier molecular flexibility index (Phi) is 3.42. The Bertz CT molecular complexity index is 598. The maximum absolute atomic E-state index is 11.3. The Balaban J connectivity index is 2.04. The molecule has 1 unspecified atom stereocenters. The van der Waals surface area contributed by atoms with Crippen LogP contribution in [-0.2, 0) is 11.2 Å². The number of nitrogens with one attached hydrogen (secondary N) is 1. The molecular formula is C14H16ClN3O. The van der Waals surface area contributed by atoms with E-state index >= 15 is 0 Å². The standard InChI is InChI=1S/C14H16ClN3O/c15-8-7-13-17-11-3-1-2-4-12(11)18(13)10-5-6-14(19)16-9-10/h1-4,10H,5-9H2,(H,16,19). The van der Waals surface area contributed by atoms with Gasteiger partial charge in [-0.1, -0.05) is 12.1 Å². The minimum absolute atomic E-state index is 0.138. The van der Waals surface area contributed by atoms with E-state index in [0.29, 0.717) is 18.8 Å². The predicted molar refractivity (Wildman–Crippen MR) is 75.4 cm³/mol. The lowest BCUT2D eigenvalue weighted by Crippen LogP contribution is -2.36. The SMILES string of the molecule is O=C1CCC(n2c(CCCl)nc3ccccc32)CN1. The molecule has 2 aromatic rings. The van der Waals surface area contributed by atoms with Crippen LogP contribution < -0.4 is 5.32 Å². The minimum atomic E-state index is 0.138. The highest BCUT2D eigenvalue weighted by atomic mass is 35.5. The fourth-order valence-electron chi connectivity index (χ4n) is 2.70. The molecule has 1 amide bonds. The third kappa shape index (κ3) is 2.32. The number of piperidine rings is 1. The molecule has 3 rings (SSSR count). The number of carbonyl (C=O) groups excluding carboxylic acids is 1. The maximum atomic E-state index is 11.3. The Morgan fingerprint density at radius 2 is 2.26 bits per heavy atom. The predicted octanol–water partition coefficient (Wildman–Crippen LogP) is 2.27. The summed E-state index contributed by atoms with van der Waals surface area (Å²) >= 11 is 5.87. The van der Waals surface area contributed by atoms with E-state index in [1.54, 1.807) is 0 Å². The summed E-state index contributed by atoms with van der Waals surface area (Å²) in [6.45, 7) is 0.675. The average Bonchev–Trinajstić information content (AvgIpc) is 2.78. The van der Waals surface area contributed by atoms with Gasteiger partial charge in [-0.3, -0.25) is 4.79 Å². The summed E-state index contributed by atoms with van der Waals surface area (Å²) in [5.74, 6) is 1.71. The molecule has 0 saturated carbocycles. The molecule has 1 saturated heterocycles. The lowest BCUT2D eigenvalue weighted by Gasteiger charge is -2.26. The first-order chi connectivity index (χ1) is 9.29. The molecule has 0 bridgehead atoms. The van der Waals surface area contributed by atoms with Crippen LogP contribution in [0.5, 0.6) is 0 Å². The number of amides is 1. The van der Waals surface area contributed by atoms with E-state index in [-0.39, 0.29) is 11.9 Å². The summed E-state index contributed by atoms with van der Waals surface area (Å²) in [6, 6.07) is 8.39. The highest BCUT2D eigenvalue weighted by Crippen LogP contribution is 2.26. The van der Waals surface area contributed by atoms with Gasteiger partial charge in [-0.15, -0.1) is 11.6 Å². The number of hydrogen-bond acceptors (Lipinski definition) is 2. The largest absolute Gasteiger partial charge is 0.354 e. The van der Waals surface area contributed by atoms with Gasteiger partial charge in [0, 0.05) is 25.3 Å². The van der Waals surface area contributed by atoms with E-state index in [4.69, 9.17) is 11.6 Å². The molecule has 100 valence electrons. The number of benzene rings is 1. The molecule has 2 heterocycles. The fourth-order valence-corrected chi connectivity index (χ4v) is 2.87. The highest BCUT2D eigenvalue weighted by molar-refractivity contribution is 6.17. The molecule has 0 aliphatic carbocycles. The summed E-state index contributed by atoms with van der Waals surface area (Å²) < 4.78 is 2.25. The lowest BCUT2D eigenvalue weighted by molar-refractivity contribution is -0.122. The van der Waals surface area contributed by atoms with E-state index in [2.05, 4.69) is 20.9 Å². The number of imidazole rings is 1. The molecular weight excluding hydrogens is 262 g/mol. The average molecular weight is 278 g/mol. The first-order valence-electron chi connectivity index (χ1n) is 6.58. The lowest BCUT2D eigenvalue weighted by atomic mass is 10.1. The Labute approximate surface area is 116 Å². The van der Waals surface area contributed by atoms with Crippen molar-refractivity contribution in [3.05, 3.63) is 30.1 Å². The molecule has 5 heteroatoms. The Morgan fingerprint density at radius 3 is 3.00 bits per heavy atom. The number of hydrogen-bond donors (Lipinski definition) is 1. The fraction of sp³-hybridized carbons (Fsp3) is 0.429. The molecule has 1 N–H and O–H groups in total. The van der Waals surface area contributed by atoms with Gasteiger partial charge < -0.3 is 9.88 Å². The van der Waals surface area contributed by atoms with Crippen molar-refractivity contribution in [1.82, 2.24) is 14.9 Å². The zero-order valence-corrected chi connectivity index (χ0v) is 11.4. The number of para-hydroxylation sites is 2. The van der Waals surface area contributed by atoms with E-state index in [1.165, 1.54) is 0 Å². The molecule has 4 nitrogen and oxygen atoms in total. The van der Waals surface area contributed by atoms with Crippen molar-refractivity contribution in [2.24, 2.45) is 0 Å². The van der Waals surface area contributed by atoms with Crippen LogP contribution in [0.15, 0.2) is 24.3 Å². The number of alkyl halides is 1. The van der Waals surface area contributed by atoms with Crippen LogP contribution in [0.25, 0.3) is 11.0 Å². The van der Waals surface area contributed by atoms with Crippen molar-refractivity contribution in [2.45, 2.75) is 25.3 Å². The first-order valence-corrected chi connectivity index (χ1v) is 7.11. The van der Waals surface area contributed by atoms with Crippen LogP contribution in [0.1, 0.15) is 24.7 Å². The van der Waals surface area contributed by atoms with Crippen molar-refractivity contribution in [2.75, 3.05) is 12.4 Å². The van der Waals surface area contributed by atoms with Crippen LogP contribution in [0, 0.1) is 0 Å². The number of halogens is 1. The molecule has 1 atom stereocenters. The Morgan fingerprint density at radius 1 is 1.42 bits per heavy atom. The van der Waals surface area contributed by atoms with Gasteiger partial charge in [0.15, 0.2) is 0 Å². The van der Waals surface area contributed by atoms with Gasteiger partial charge >= 0.3 is 0 Å². The molecule has 1 aliphatic heterocycles. The summed E-state index contributed by atoms with van der Waals surface area (Å²) in [5, 5.41) is 2.93. The van der Waals surface area contributed by atoms with E-state index in [1.807, 2.05) is 18.2 Å². The van der Waals surface area contributed by atoms with E-state index < -0.39 is 0 Å². The van der Waals surface area contributed by atoms with Crippen molar-refractivity contribution in [1.29, 1.82) is 0 Å². The molecule has 1 aromatic heterocycles. The van der Waals surface area contributed by atoms with Gasteiger partial charge in [-0.2, -0.15) is 0 Å². The van der Waals surface area contributed by atoms with Crippen LogP contribution >= 0.6 is 11.6 Å². The normalized spacial score (nSPS) is 19.6. The van der Waals surface area contributed by atoms with Crippen LogP contribution in [0.2, 0.25) is 0 Å². The summed E-state index contributed by atoms with van der Waals surface area (Å²) in [6.07, 6.45) is 2.19. The van der Waals surface area contributed by atoms with E-state index in [0.717, 1.165) is 29.7 Å². The van der Waals surface area contributed by atoms with Gasteiger partial charge in [-0.25, -0.2) is 4.98 Å². The van der Waals surface area contributed by atoms with Crippen LogP contribution in [-0.4, -0.2) is 27.9 Å². The summed E-state index contributed by atoms with van der Waals surface area (Å²) in [7, 11) is 0. The molecule has 0 radical (unpaired) electrons. The van der Waals surface area contributed by atoms with Gasteiger partial charge in [0.1, 0.15) is 5.82 Å². The van der Waals surface area contributed by atoms with Gasteiger partial charge in [0.05, 0.1) is 17.1 Å². The van der Waals surface area contributed by atoms with Crippen molar-refractivity contribution >= 4 is 28.5 Å². The summed E-state index contributed by atoms with van der Waals surface area (Å²) in [5.41, 5.74) is 2.13. The zero-order valence-electron chi connectivity index (χ0n) is 10.6. The van der Waals surface area contributed by atoms with Gasteiger partial charge in [-0.05, 0) is 18.6 Å². The zero-order chi connectivity index (χ0) is 13.2. The molecule has 0 spiro atoms.